The van der Waals surface area contributed by atoms with Crippen LogP contribution in [-0.2, 0) is 4.74 Å². The molecular weight excluding hydrogens is 386 g/mol. The van der Waals surface area contributed by atoms with Crippen molar-refractivity contribution in [1.29, 1.82) is 0 Å². The molecule has 8 heteroatoms. The predicted molar refractivity (Wildman–Crippen MR) is 116 cm³/mol. The number of thiazole rings is 1. The highest BCUT2D eigenvalue weighted by atomic mass is 32.1. The molecular formula is C21H29N5O2S. The van der Waals surface area contributed by atoms with Crippen LogP contribution in [0.2, 0.25) is 0 Å². The molecule has 0 N–H and O–H groups in total. The van der Waals surface area contributed by atoms with E-state index in [9.17, 15) is 0 Å². The number of anilines is 1. The summed E-state index contributed by atoms with van der Waals surface area (Å²) in [6, 6.07) is 2.19. The first-order valence-electron chi connectivity index (χ1n) is 10.3. The Morgan fingerprint density at radius 2 is 1.90 bits per heavy atom. The Hall–Kier alpha value is -2.19. The third-order valence-corrected chi connectivity index (χ3v) is 6.71. The number of rotatable bonds is 6. The largest absolute Gasteiger partial charge is 0.480 e. The molecule has 3 aromatic heterocycles. The number of hydrogen-bond donors (Lipinski definition) is 0. The first kappa shape index (κ1) is 20.1. The van der Waals surface area contributed by atoms with Gasteiger partial charge >= 0.3 is 0 Å². The Labute approximate surface area is 175 Å². The van der Waals surface area contributed by atoms with E-state index in [0.29, 0.717) is 11.8 Å². The molecule has 7 nitrogen and oxygen atoms in total. The van der Waals surface area contributed by atoms with Crippen LogP contribution in [0, 0.1) is 13.8 Å². The standard InChI is InChI=1S/C21H29N5O2S/c1-6-15(7-2)16-12-13(3)24-26-17(14(4)22-19(16)26)18-20(27-5)23-21(29-18)25-8-10-28-11-9-25/h12,15H,6-11H2,1-5H3. The van der Waals surface area contributed by atoms with Gasteiger partial charge in [0.05, 0.1) is 31.7 Å². The summed E-state index contributed by atoms with van der Waals surface area (Å²) in [5, 5.41) is 5.79. The molecule has 0 aromatic carbocycles. The van der Waals surface area contributed by atoms with Crippen LogP contribution < -0.4 is 9.64 Å². The van der Waals surface area contributed by atoms with Crippen molar-refractivity contribution in [2.45, 2.75) is 46.5 Å². The number of imidazole rings is 1. The number of hydrogen-bond acceptors (Lipinski definition) is 7. The summed E-state index contributed by atoms with van der Waals surface area (Å²) in [5.74, 6) is 1.11. The minimum absolute atomic E-state index is 0.473. The van der Waals surface area contributed by atoms with Crippen molar-refractivity contribution in [3.05, 3.63) is 23.0 Å². The first-order valence-corrected chi connectivity index (χ1v) is 11.1. The van der Waals surface area contributed by atoms with E-state index in [1.54, 1.807) is 18.4 Å². The fraction of sp³-hybridized carbons (Fsp3) is 0.571. The fourth-order valence-electron chi connectivity index (χ4n) is 4.04. The maximum absolute atomic E-state index is 5.67. The highest BCUT2D eigenvalue weighted by Gasteiger charge is 2.26. The molecule has 0 spiro atoms. The van der Waals surface area contributed by atoms with Gasteiger partial charge < -0.3 is 14.4 Å². The van der Waals surface area contributed by atoms with Crippen LogP contribution in [0.5, 0.6) is 5.88 Å². The van der Waals surface area contributed by atoms with E-state index >= 15 is 0 Å². The fourth-order valence-corrected chi connectivity index (χ4v) is 5.21. The lowest BCUT2D eigenvalue weighted by atomic mass is 9.95. The molecule has 0 saturated carbocycles. The molecule has 1 fully saturated rings. The van der Waals surface area contributed by atoms with Crippen molar-refractivity contribution < 1.29 is 9.47 Å². The van der Waals surface area contributed by atoms with Crippen LogP contribution >= 0.6 is 11.3 Å². The maximum atomic E-state index is 5.67. The molecule has 0 atom stereocenters. The van der Waals surface area contributed by atoms with Crippen LogP contribution in [0.4, 0.5) is 5.13 Å². The third kappa shape index (κ3) is 3.59. The average molecular weight is 416 g/mol. The van der Waals surface area contributed by atoms with E-state index in [2.05, 4.69) is 24.8 Å². The highest BCUT2D eigenvalue weighted by Crippen LogP contribution is 2.42. The molecule has 1 saturated heterocycles. The number of aryl methyl sites for hydroxylation is 2. The molecule has 1 aliphatic rings. The molecule has 156 valence electrons. The second-order valence-corrected chi connectivity index (χ2v) is 8.45. The van der Waals surface area contributed by atoms with E-state index in [1.807, 2.05) is 18.4 Å². The van der Waals surface area contributed by atoms with E-state index < -0.39 is 0 Å². The average Bonchev–Trinajstić information content (AvgIpc) is 3.29. The summed E-state index contributed by atoms with van der Waals surface area (Å²) < 4.78 is 13.1. The van der Waals surface area contributed by atoms with Gasteiger partial charge in [0, 0.05) is 18.7 Å². The Bertz CT molecular complexity index is 1000. The SMILES string of the molecule is CCC(CC)c1cc(C)nn2c(-c3sc(N4CCOCC4)nc3OC)c(C)nc12. The van der Waals surface area contributed by atoms with Crippen molar-refractivity contribution >= 4 is 22.1 Å². The van der Waals surface area contributed by atoms with Gasteiger partial charge in [-0.3, -0.25) is 0 Å². The van der Waals surface area contributed by atoms with Crippen molar-refractivity contribution in [2.75, 3.05) is 38.3 Å². The maximum Gasteiger partial charge on any atom is 0.236 e. The molecule has 0 bridgehead atoms. The van der Waals surface area contributed by atoms with Gasteiger partial charge in [-0.2, -0.15) is 10.1 Å². The Morgan fingerprint density at radius 1 is 1.17 bits per heavy atom. The second kappa shape index (κ2) is 8.28. The monoisotopic (exact) mass is 415 g/mol. The molecule has 29 heavy (non-hydrogen) atoms. The minimum Gasteiger partial charge on any atom is -0.480 e. The molecule has 0 unspecified atom stereocenters. The van der Waals surface area contributed by atoms with Gasteiger partial charge in [0.25, 0.3) is 0 Å². The number of methoxy groups -OCH3 is 1. The number of aromatic nitrogens is 4. The summed E-state index contributed by atoms with van der Waals surface area (Å²) in [6.07, 6.45) is 2.17. The van der Waals surface area contributed by atoms with Gasteiger partial charge in [0.15, 0.2) is 10.8 Å². The van der Waals surface area contributed by atoms with Crippen LogP contribution in [0.15, 0.2) is 6.07 Å². The van der Waals surface area contributed by atoms with Gasteiger partial charge in [-0.1, -0.05) is 25.2 Å². The van der Waals surface area contributed by atoms with Gasteiger partial charge in [-0.15, -0.1) is 0 Å². The van der Waals surface area contributed by atoms with Gasteiger partial charge in [-0.25, -0.2) is 9.50 Å². The lowest BCUT2D eigenvalue weighted by Gasteiger charge is -2.25. The van der Waals surface area contributed by atoms with Crippen LogP contribution in [0.3, 0.4) is 0 Å². The summed E-state index contributed by atoms with van der Waals surface area (Å²) in [6.45, 7) is 11.7. The molecule has 3 aromatic rings. The Morgan fingerprint density at radius 3 is 2.55 bits per heavy atom. The van der Waals surface area contributed by atoms with Crippen molar-refractivity contribution in [3.8, 4) is 16.5 Å². The zero-order chi connectivity index (χ0) is 20.5. The summed E-state index contributed by atoms with van der Waals surface area (Å²) in [7, 11) is 1.68. The van der Waals surface area contributed by atoms with Gasteiger partial charge in [0.2, 0.25) is 5.88 Å². The number of morpholine rings is 1. The highest BCUT2D eigenvalue weighted by molar-refractivity contribution is 7.19. The van der Waals surface area contributed by atoms with E-state index in [0.717, 1.165) is 71.9 Å². The number of nitrogens with zero attached hydrogens (tertiary/aromatic N) is 5. The topological polar surface area (TPSA) is 64.8 Å². The van der Waals surface area contributed by atoms with E-state index in [-0.39, 0.29) is 0 Å². The zero-order valence-corrected chi connectivity index (χ0v) is 18.7. The molecule has 1 aliphatic heterocycles. The summed E-state index contributed by atoms with van der Waals surface area (Å²) in [4.78, 5) is 12.9. The first-order chi connectivity index (χ1) is 14.1. The van der Waals surface area contributed by atoms with Crippen molar-refractivity contribution in [2.24, 2.45) is 0 Å². The van der Waals surface area contributed by atoms with Gasteiger partial charge in [-0.05, 0) is 38.7 Å². The number of ether oxygens (including phenoxy) is 2. The summed E-state index contributed by atoms with van der Waals surface area (Å²) >= 11 is 1.64. The second-order valence-electron chi connectivity index (χ2n) is 7.47. The summed E-state index contributed by atoms with van der Waals surface area (Å²) in [5.41, 5.74) is 5.14. The molecule has 0 aliphatic carbocycles. The predicted octanol–water partition coefficient (Wildman–Crippen LogP) is 4.22. The van der Waals surface area contributed by atoms with Crippen molar-refractivity contribution in [1.82, 2.24) is 19.6 Å². The quantitative estimate of drug-likeness (QED) is 0.601. The lowest BCUT2D eigenvalue weighted by molar-refractivity contribution is 0.122. The zero-order valence-electron chi connectivity index (χ0n) is 17.9. The molecule has 0 radical (unpaired) electrons. The van der Waals surface area contributed by atoms with Crippen LogP contribution in [-0.4, -0.2) is 53.0 Å². The van der Waals surface area contributed by atoms with Crippen molar-refractivity contribution in [3.63, 3.8) is 0 Å². The minimum atomic E-state index is 0.473. The van der Waals surface area contributed by atoms with E-state index in [1.165, 1.54) is 5.56 Å². The van der Waals surface area contributed by atoms with E-state index in [4.69, 9.17) is 24.5 Å². The Kier molecular flexibility index (Phi) is 5.74. The molecule has 4 rings (SSSR count). The molecule has 0 amide bonds. The smallest absolute Gasteiger partial charge is 0.236 e. The van der Waals surface area contributed by atoms with Crippen LogP contribution in [0.1, 0.15) is 49.6 Å². The van der Waals surface area contributed by atoms with Gasteiger partial charge in [0.1, 0.15) is 10.6 Å². The normalized spacial score (nSPS) is 14.9. The third-order valence-electron chi connectivity index (χ3n) is 5.61. The Balaban J connectivity index is 1.88. The lowest BCUT2D eigenvalue weighted by Crippen LogP contribution is -2.36. The molecule has 4 heterocycles. The number of fused-ring (bicyclic) bond motifs is 1. The van der Waals surface area contributed by atoms with Crippen LogP contribution in [0.25, 0.3) is 16.2 Å².